The standard InChI is InChI=1S/C17H25ClO/c1-16(2,3)14-10-8-13(9-11-14)7-6-12-17(4,5)15(18)19/h8-11H,6-7,12H2,1-5H3. The molecular weight excluding hydrogens is 256 g/mol. The molecule has 0 heterocycles. The quantitative estimate of drug-likeness (QED) is 0.686. The maximum atomic E-state index is 11.2. The van der Waals surface area contributed by atoms with Crippen LogP contribution in [0.3, 0.4) is 0 Å². The van der Waals surface area contributed by atoms with Gasteiger partial charge in [0, 0.05) is 5.41 Å². The van der Waals surface area contributed by atoms with Gasteiger partial charge in [-0.05, 0) is 47.4 Å². The molecule has 0 spiro atoms. The topological polar surface area (TPSA) is 17.1 Å². The van der Waals surface area contributed by atoms with E-state index in [4.69, 9.17) is 11.6 Å². The van der Waals surface area contributed by atoms with E-state index in [1.165, 1.54) is 11.1 Å². The lowest BCUT2D eigenvalue weighted by Gasteiger charge is -2.20. The molecule has 1 aromatic rings. The number of halogens is 1. The van der Waals surface area contributed by atoms with E-state index in [0.717, 1.165) is 19.3 Å². The SMILES string of the molecule is CC(C)(CCCc1ccc(C(C)(C)C)cc1)C(=O)Cl. The molecule has 0 amide bonds. The molecule has 0 saturated heterocycles. The molecule has 0 atom stereocenters. The van der Waals surface area contributed by atoms with Crippen LogP contribution in [0.15, 0.2) is 24.3 Å². The molecule has 1 aromatic carbocycles. The van der Waals surface area contributed by atoms with Gasteiger partial charge in [-0.1, -0.05) is 58.9 Å². The van der Waals surface area contributed by atoms with E-state index in [1.807, 2.05) is 13.8 Å². The molecule has 0 fully saturated rings. The van der Waals surface area contributed by atoms with Gasteiger partial charge in [-0.2, -0.15) is 0 Å². The van der Waals surface area contributed by atoms with Crippen LogP contribution in [-0.2, 0) is 16.6 Å². The molecule has 0 saturated carbocycles. The fraction of sp³-hybridized carbons (Fsp3) is 0.588. The van der Waals surface area contributed by atoms with Crippen molar-refractivity contribution >= 4 is 16.8 Å². The zero-order valence-corrected chi connectivity index (χ0v) is 13.5. The van der Waals surface area contributed by atoms with Crippen LogP contribution in [0.5, 0.6) is 0 Å². The molecule has 0 aliphatic heterocycles. The van der Waals surface area contributed by atoms with Crippen LogP contribution in [0.2, 0.25) is 0 Å². The maximum Gasteiger partial charge on any atom is 0.227 e. The summed E-state index contributed by atoms with van der Waals surface area (Å²) in [6.07, 6.45) is 2.81. The van der Waals surface area contributed by atoms with Gasteiger partial charge in [-0.25, -0.2) is 0 Å². The first-order valence-corrected chi connectivity index (χ1v) is 7.30. The average molecular weight is 281 g/mol. The summed E-state index contributed by atoms with van der Waals surface area (Å²) in [7, 11) is 0. The van der Waals surface area contributed by atoms with Crippen molar-refractivity contribution in [3.8, 4) is 0 Å². The monoisotopic (exact) mass is 280 g/mol. The second-order valence-electron chi connectivity index (χ2n) is 6.96. The minimum absolute atomic E-state index is 0.200. The molecule has 0 N–H and O–H groups in total. The summed E-state index contributed by atoms with van der Waals surface area (Å²) >= 11 is 5.58. The number of rotatable bonds is 5. The third-order valence-electron chi connectivity index (χ3n) is 3.62. The Morgan fingerprint density at radius 3 is 2.00 bits per heavy atom. The van der Waals surface area contributed by atoms with E-state index in [1.54, 1.807) is 0 Å². The molecule has 19 heavy (non-hydrogen) atoms. The zero-order chi connectivity index (χ0) is 14.7. The molecule has 0 aromatic heterocycles. The van der Waals surface area contributed by atoms with Gasteiger partial charge >= 0.3 is 0 Å². The van der Waals surface area contributed by atoms with Gasteiger partial charge in [-0.15, -0.1) is 0 Å². The fourth-order valence-electron chi connectivity index (χ4n) is 2.00. The zero-order valence-electron chi connectivity index (χ0n) is 12.7. The van der Waals surface area contributed by atoms with E-state index >= 15 is 0 Å². The van der Waals surface area contributed by atoms with E-state index in [-0.39, 0.29) is 10.7 Å². The highest BCUT2D eigenvalue weighted by molar-refractivity contribution is 6.64. The molecule has 0 radical (unpaired) electrons. The Morgan fingerprint density at radius 1 is 1.05 bits per heavy atom. The third-order valence-corrected chi connectivity index (χ3v) is 4.13. The van der Waals surface area contributed by atoms with Crippen LogP contribution in [0.4, 0.5) is 0 Å². The van der Waals surface area contributed by atoms with Crippen LogP contribution in [0.25, 0.3) is 0 Å². The van der Waals surface area contributed by atoms with E-state index < -0.39 is 5.41 Å². The molecule has 1 rings (SSSR count). The average Bonchev–Trinajstić information content (AvgIpc) is 2.28. The Balaban J connectivity index is 2.54. The highest BCUT2D eigenvalue weighted by Gasteiger charge is 2.24. The molecule has 2 heteroatoms. The number of aryl methyl sites for hydroxylation is 1. The Morgan fingerprint density at radius 2 is 1.58 bits per heavy atom. The van der Waals surface area contributed by atoms with Crippen molar-refractivity contribution in [3.05, 3.63) is 35.4 Å². The Labute approximate surface area is 122 Å². The van der Waals surface area contributed by atoms with Gasteiger partial charge in [0.2, 0.25) is 5.24 Å². The molecule has 0 aliphatic carbocycles. The van der Waals surface area contributed by atoms with Gasteiger partial charge < -0.3 is 0 Å². The lowest BCUT2D eigenvalue weighted by atomic mass is 9.85. The highest BCUT2D eigenvalue weighted by atomic mass is 35.5. The lowest BCUT2D eigenvalue weighted by Crippen LogP contribution is -2.19. The van der Waals surface area contributed by atoms with E-state index in [9.17, 15) is 4.79 Å². The first kappa shape index (κ1) is 16.2. The summed E-state index contributed by atoms with van der Waals surface area (Å²) in [5.74, 6) is 0. The van der Waals surface area contributed by atoms with Crippen LogP contribution in [0.1, 0.15) is 58.6 Å². The van der Waals surface area contributed by atoms with Gasteiger partial charge in [0.05, 0.1) is 0 Å². The summed E-state index contributed by atoms with van der Waals surface area (Å²) in [6, 6.07) is 8.78. The normalized spacial score (nSPS) is 12.5. The Hall–Kier alpha value is -0.820. The number of hydrogen-bond donors (Lipinski definition) is 0. The summed E-state index contributed by atoms with van der Waals surface area (Å²) in [5, 5.41) is -0.240. The van der Waals surface area contributed by atoms with Crippen LogP contribution >= 0.6 is 11.6 Å². The predicted molar refractivity (Wildman–Crippen MR) is 82.7 cm³/mol. The maximum absolute atomic E-state index is 11.2. The number of carbonyl (C=O) groups is 1. The van der Waals surface area contributed by atoms with Gasteiger partial charge in [0.15, 0.2) is 0 Å². The molecular formula is C17H25ClO. The highest BCUT2D eigenvalue weighted by Crippen LogP contribution is 2.27. The minimum atomic E-state index is -0.410. The van der Waals surface area contributed by atoms with Crippen molar-refractivity contribution in [2.24, 2.45) is 5.41 Å². The van der Waals surface area contributed by atoms with E-state index in [0.29, 0.717) is 0 Å². The van der Waals surface area contributed by atoms with Crippen molar-refractivity contribution in [1.82, 2.24) is 0 Å². The molecule has 106 valence electrons. The number of benzene rings is 1. The number of hydrogen-bond acceptors (Lipinski definition) is 1. The van der Waals surface area contributed by atoms with Crippen LogP contribution in [0, 0.1) is 5.41 Å². The van der Waals surface area contributed by atoms with Gasteiger partial charge in [-0.3, -0.25) is 4.79 Å². The van der Waals surface area contributed by atoms with Crippen molar-refractivity contribution in [1.29, 1.82) is 0 Å². The summed E-state index contributed by atoms with van der Waals surface area (Å²) in [6.45, 7) is 10.5. The van der Waals surface area contributed by atoms with Gasteiger partial charge in [0.25, 0.3) is 0 Å². The minimum Gasteiger partial charge on any atom is -0.281 e. The molecule has 0 bridgehead atoms. The molecule has 0 aliphatic rings. The van der Waals surface area contributed by atoms with E-state index in [2.05, 4.69) is 45.0 Å². The number of carbonyl (C=O) groups excluding carboxylic acids is 1. The first-order valence-electron chi connectivity index (χ1n) is 6.92. The Bertz CT molecular complexity index is 424. The second kappa shape index (κ2) is 6.09. The van der Waals surface area contributed by atoms with Crippen LogP contribution < -0.4 is 0 Å². The third kappa shape index (κ3) is 4.99. The smallest absolute Gasteiger partial charge is 0.227 e. The lowest BCUT2D eigenvalue weighted by molar-refractivity contribution is -0.119. The van der Waals surface area contributed by atoms with Gasteiger partial charge in [0.1, 0.15) is 0 Å². The predicted octanol–water partition coefficient (Wildman–Crippen LogP) is 5.10. The summed E-state index contributed by atoms with van der Waals surface area (Å²) in [4.78, 5) is 11.2. The summed E-state index contributed by atoms with van der Waals surface area (Å²) < 4.78 is 0. The van der Waals surface area contributed by atoms with Crippen molar-refractivity contribution in [2.45, 2.75) is 59.3 Å². The van der Waals surface area contributed by atoms with Crippen LogP contribution in [-0.4, -0.2) is 5.24 Å². The van der Waals surface area contributed by atoms with Crippen molar-refractivity contribution < 1.29 is 4.79 Å². The Kier molecular flexibility index (Phi) is 5.20. The second-order valence-corrected chi connectivity index (χ2v) is 7.30. The summed E-state index contributed by atoms with van der Waals surface area (Å²) in [5.41, 5.74) is 2.47. The van der Waals surface area contributed by atoms with Crippen molar-refractivity contribution in [2.75, 3.05) is 0 Å². The van der Waals surface area contributed by atoms with Crippen molar-refractivity contribution in [3.63, 3.8) is 0 Å². The fourth-order valence-corrected chi connectivity index (χ4v) is 2.10. The molecule has 0 unspecified atom stereocenters. The first-order chi connectivity index (χ1) is 8.63. The molecule has 1 nitrogen and oxygen atoms in total. The largest absolute Gasteiger partial charge is 0.281 e.